The number of carbonyl (C=O) groups is 8. The van der Waals surface area contributed by atoms with Crippen LogP contribution in [0.3, 0.4) is 0 Å². The minimum absolute atomic E-state index is 0.0818. The van der Waals surface area contributed by atoms with Crippen molar-refractivity contribution in [2.24, 2.45) is 0 Å². The lowest BCUT2D eigenvalue weighted by atomic mass is 9.86. The number of nitrogens with zero attached hydrogens (tertiary/aromatic N) is 5. The number of amides is 4. The van der Waals surface area contributed by atoms with E-state index in [4.69, 9.17) is 0 Å². The molecule has 2 heterocycles. The largest absolute Gasteiger partial charge is 0.480 e. The molecule has 0 aromatic rings. The Hall–Kier alpha value is -4.38. The first kappa shape index (κ1) is 45.8. The molecule has 2 aliphatic rings. The summed E-state index contributed by atoms with van der Waals surface area (Å²) in [4.78, 5) is 104. The van der Waals surface area contributed by atoms with Crippen LogP contribution < -0.4 is 16.0 Å². The van der Waals surface area contributed by atoms with E-state index in [0.29, 0.717) is 25.8 Å². The number of nitrogens with one attached hydrogen (secondary N) is 3. The minimum atomic E-state index is -1.20. The fourth-order valence-electron chi connectivity index (χ4n) is 6.33. The van der Waals surface area contributed by atoms with Gasteiger partial charge in [-0.3, -0.25) is 58.0 Å². The van der Waals surface area contributed by atoms with E-state index in [0.717, 1.165) is 6.42 Å². The number of hydrogen-bond donors (Lipinski definition) is 8. The summed E-state index contributed by atoms with van der Waals surface area (Å²) < 4.78 is 0. The second kappa shape index (κ2) is 24.8. The van der Waals surface area contributed by atoms with Crippen LogP contribution in [0.1, 0.15) is 44.9 Å². The molecule has 4 amide bonds. The van der Waals surface area contributed by atoms with Gasteiger partial charge >= 0.3 is 23.9 Å². The highest BCUT2D eigenvalue weighted by molar-refractivity contribution is 6.28. The highest BCUT2D eigenvalue weighted by Gasteiger charge is 2.30. The summed E-state index contributed by atoms with van der Waals surface area (Å²) in [5.41, 5.74) is 0. The second-order valence-electron chi connectivity index (χ2n) is 13.4. The highest BCUT2D eigenvalue weighted by Crippen LogP contribution is 2.15. The van der Waals surface area contributed by atoms with E-state index in [1.54, 1.807) is 19.6 Å². The van der Waals surface area contributed by atoms with Crippen molar-refractivity contribution in [2.45, 2.75) is 56.9 Å². The van der Waals surface area contributed by atoms with Gasteiger partial charge in [0.05, 0.1) is 32.7 Å². The van der Waals surface area contributed by atoms with E-state index in [-0.39, 0.29) is 136 Å². The van der Waals surface area contributed by atoms with Crippen LogP contribution in [-0.4, -0.2) is 215 Å². The third kappa shape index (κ3) is 18.6. The molecule has 0 radical (unpaired) electrons. The molecule has 54 heavy (non-hydrogen) atoms. The monoisotopic (exact) mass is 770 g/mol. The van der Waals surface area contributed by atoms with Crippen LogP contribution in [0.15, 0.2) is 0 Å². The van der Waals surface area contributed by atoms with Crippen molar-refractivity contribution in [3.8, 4) is 0 Å². The smallest absolute Gasteiger partial charge is 0.320 e. The maximum Gasteiger partial charge on any atom is 0.320 e. The lowest BCUT2D eigenvalue weighted by Gasteiger charge is -2.35. The van der Waals surface area contributed by atoms with Gasteiger partial charge in [0.15, 0.2) is 0 Å². The molecule has 8 N–H and O–H groups in total. The molecule has 1 unspecified atom stereocenters. The van der Waals surface area contributed by atoms with Crippen molar-refractivity contribution < 1.29 is 63.8 Å². The van der Waals surface area contributed by atoms with Gasteiger partial charge in [0.25, 0.3) is 7.48 Å². The zero-order valence-corrected chi connectivity index (χ0v) is 30.7. The lowest BCUT2D eigenvalue weighted by molar-refractivity contribution is -0.145. The molecule has 304 valence electrons. The predicted octanol–water partition coefficient (Wildman–Crippen LogP) is -4.49. The quantitative estimate of drug-likeness (QED) is 0.0403. The summed E-state index contributed by atoms with van der Waals surface area (Å²) in [6.45, 7) is 0.361. The zero-order valence-electron chi connectivity index (χ0n) is 30.7. The molecule has 0 saturated carbocycles. The Morgan fingerprint density at radius 3 is 1.61 bits per heavy atom. The highest BCUT2D eigenvalue weighted by atomic mass is 16.4. The number of carbonyl (C=O) groups excluding carboxylic acids is 4. The van der Waals surface area contributed by atoms with Crippen LogP contribution in [-0.2, 0) is 38.4 Å². The number of aliphatic carboxylic acids is 4. The van der Waals surface area contributed by atoms with Crippen LogP contribution in [0.5, 0.6) is 0 Å². The van der Waals surface area contributed by atoms with Crippen molar-refractivity contribution in [3.05, 3.63) is 0 Å². The fraction of sp³-hybridized carbons (Fsp3) is 0.750. The van der Waals surface area contributed by atoms with Gasteiger partial charge in [-0.25, -0.2) is 0 Å². The van der Waals surface area contributed by atoms with E-state index in [2.05, 4.69) is 16.0 Å². The number of carboxylic acids is 4. The molecule has 0 spiro atoms. The topological polar surface area (TPSA) is 290 Å². The number of likely N-dealkylation sites (tertiary alicyclic amines) is 1. The maximum atomic E-state index is 12.6. The zero-order chi connectivity index (χ0) is 40.0. The molecule has 2 atom stereocenters. The first-order chi connectivity index (χ1) is 25.7. The molecule has 2 fully saturated rings. The summed E-state index contributed by atoms with van der Waals surface area (Å²) in [5, 5.41) is 55.3. The van der Waals surface area contributed by atoms with Crippen molar-refractivity contribution in [3.63, 3.8) is 0 Å². The Morgan fingerprint density at radius 2 is 1.11 bits per heavy atom. The molecule has 2 rings (SSSR count). The molecule has 2 aliphatic heterocycles. The van der Waals surface area contributed by atoms with Gasteiger partial charge in [0, 0.05) is 84.2 Å². The van der Waals surface area contributed by atoms with E-state index < -0.39 is 41.7 Å². The Kier molecular flexibility index (Phi) is 21.1. The van der Waals surface area contributed by atoms with E-state index in [1.807, 2.05) is 0 Å². The third-order valence-electron chi connectivity index (χ3n) is 9.26. The van der Waals surface area contributed by atoms with Crippen molar-refractivity contribution in [1.82, 2.24) is 40.4 Å². The van der Waals surface area contributed by atoms with Crippen molar-refractivity contribution in [2.75, 3.05) is 98.2 Å². The normalized spacial score (nSPS) is 18.8. The van der Waals surface area contributed by atoms with Crippen LogP contribution in [0.25, 0.3) is 0 Å². The number of hydrogen-bond acceptors (Lipinski definition) is 13. The summed E-state index contributed by atoms with van der Waals surface area (Å²) in [5.74, 6) is -6.39. The molecule has 2 saturated heterocycles. The Balaban J connectivity index is 1.82. The molecular formula is C32H55BN8O13. The van der Waals surface area contributed by atoms with Crippen LogP contribution in [0, 0.1) is 0 Å². The average molecular weight is 771 g/mol. The second-order valence-corrected chi connectivity index (χ2v) is 13.4. The summed E-state index contributed by atoms with van der Waals surface area (Å²) in [6, 6.07) is -1.14. The Morgan fingerprint density at radius 1 is 0.611 bits per heavy atom. The molecule has 21 nitrogen and oxygen atoms in total. The summed E-state index contributed by atoms with van der Waals surface area (Å²) in [6.07, 6.45) is 2.16. The third-order valence-corrected chi connectivity index (χ3v) is 9.26. The van der Waals surface area contributed by atoms with E-state index in [1.165, 1.54) is 4.90 Å². The van der Waals surface area contributed by atoms with Gasteiger partial charge in [-0.2, -0.15) is 0 Å². The van der Waals surface area contributed by atoms with E-state index in [9.17, 15) is 63.8 Å². The van der Waals surface area contributed by atoms with Crippen LogP contribution in [0.4, 0.5) is 0 Å². The average Bonchev–Trinajstić information content (AvgIpc) is 3.59. The molecule has 0 aromatic heterocycles. The Labute approximate surface area is 314 Å². The van der Waals surface area contributed by atoms with Gasteiger partial charge in [-0.05, 0) is 32.1 Å². The van der Waals surface area contributed by atoms with Gasteiger partial charge in [0.2, 0.25) is 23.6 Å². The SMILES string of the molecule is O=C(O)CN1CCN(CC(=O)O)CCN(C(CCC(=O)NCCCCC(=O)NCC(=O)NCC(=O)N2CCC[C@H]2BO)C(=O)O)CCN(CC(=O)O)CC1. The lowest BCUT2D eigenvalue weighted by Crippen LogP contribution is -2.52. The summed E-state index contributed by atoms with van der Waals surface area (Å²) in [7, 11) is -0.139. The van der Waals surface area contributed by atoms with Crippen molar-refractivity contribution >= 4 is 55.0 Å². The summed E-state index contributed by atoms with van der Waals surface area (Å²) >= 11 is 0. The Bertz CT molecular complexity index is 1260. The van der Waals surface area contributed by atoms with E-state index >= 15 is 0 Å². The first-order valence-electron chi connectivity index (χ1n) is 18.2. The molecular weight excluding hydrogens is 715 g/mol. The molecule has 0 bridgehead atoms. The first-order valence-corrected chi connectivity index (χ1v) is 18.2. The number of rotatable bonds is 21. The van der Waals surface area contributed by atoms with Gasteiger partial charge in [-0.15, -0.1) is 0 Å². The van der Waals surface area contributed by atoms with Gasteiger partial charge < -0.3 is 46.3 Å². The van der Waals surface area contributed by atoms with Crippen molar-refractivity contribution in [1.29, 1.82) is 0 Å². The number of carboxylic acid groups (broad SMARTS) is 4. The fourth-order valence-corrected chi connectivity index (χ4v) is 6.33. The predicted molar refractivity (Wildman–Crippen MR) is 191 cm³/mol. The van der Waals surface area contributed by atoms with Crippen LogP contribution in [0.2, 0.25) is 0 Å². The van der Waals surface area contributed by atoms with Gasteiger partial charge in [-0.1, -0.05) is 0 Å². The minimum Gasteiger partial charge on any atom is -0.480 e. The molecule has 22 heteroatoms. The standard InChI is InChI=1S/C32H55BN8O13/c42-25(35-18-27(44)36-19-28(45)41-9-3-4-24(41)33-54)5-1-2-8-34-26(43)7-6-23(32(52)53)40-16-14-38(21-30(48)49)12-10-37(20-29(46)47)11-13-39(15-17-40)22-31(50)51/h23-24,33,54H,1-22H2,(H,34,43)(H,35,42)(H,36,44)(H,46,47)(H,48,49)(H,50,51)(H,52,53)/t23?,24-/m0/s1. The van der Waals surface area contributed by atoms with Gasteiger partial charge in [0.1, 0.15) is 6.04 Å². The van der Waals surface area contributed by atoms with Crippen LogP contribution >= 0.6 is 0 Å². The number of unbranched alkanes of at least 4 members (excludes halogenated alkanes) is 1. The maximum absolute atomic E-state index is 12.6. The molecule has 0 aliphatic carbocycles. The molecule has 0 aromatic carbocycles.